The van der Waals surface area contributed by atoms with E-state index in [0.29, 0.717) is 5.92 Å². The zero-order valence-electron chi connectivity index (χ0n) is 10.9. The Morgan fingerprint density at radius 2 is 1.44 bits per heavy atom. The van der Waals surface area contributed by atoms with Gasteiger partial charge in [-0.1, -0.05) is 13.8 Å². The van der Waals surface area contributed by atoms with Crippen molar-refractivity contribution < 1.29 is 0 Å². The molecule has 2 rings (SSSR count). The van der Waals surface area contributed by atoms with Gasteiger partial charge in [-0.25, -0.2) is 9.97 Å². The summed E-state index contributed by atoms with van der Waals surface area (Å²) in [6, 6.07) is 0. The second kappa shape index (κ2) is 3.58. The smallest absolute Gasteiger partial charge is 0.234 e. The molecular weight excluding hydrogens is 198 g/mol. The minimum atomic E-state index is 0.499. The van der Waals surface area contributed by atoms with E-state index in [2.05, 4.69) is 49.0 Å². The predicted molar refractivity (Wildman–Crippen MR) is 66.0 cm³/mol. The van der Waals surface area contributed by atoms with Crippen LogP contribution in [0, 0.1) is 27.7 Å². The van der Waals surface area contributed by atoms with Crippen molar-refractivity contribution in [2.24, 2.45) is 0 Å². The van der Waals surface area contributed by atoms with E-state index < -0.39 is 0 Å². The molecule has 0 atom stereocenters. The molecule has 86 valence electrons. The van der Waals surface area contributed by atoms with Gasteiger partial charge in [-0.15, -0.1) is 0 Å². The van der Waals surface area contributed by atoms with E-state index in [1.54, 1.807) is 0 Å². The average molecular weight is 217 g/mol. The quantitative estimate of drug-likeness (QED) is 0.734. The predicted octanol–water partition coefficient (Wildman–Crippen LogP) is 3.09. The van der Waals surface area contributed by atoms with Gasteiger partial charge in [0.2, 0.25) is 5.78 Å². The van der Waals surface area contributed by atoms with Crippen LogP contribution < -0.4 is 0 Å². The van der Waals surface area contributed by atoms with Crippen molar-refractivity contribution in [1.29, 1.82) is 0 Å². The third-order valence-corrected chi connectivity index (χ3v) is 3.29. The van der Waals surface area contributed by atoms with E-state index in [4.69, 9.17) is 0 Å². The van der Waals surface area contributed by atoms with E-state index in [-0.39, 0.29) is 0 Å². The lowest BCUT2D eigenvalue weighted by Gasteiger charge is -2.14. The molecule has 3 nitrogen and oxygen atoms in total. The van der Waals surface area contributed by atoms with Crippen LogP contribution in [-0.4, -0.2) is 14.4 Å². The Morgan fingerprint density at radius 1 is 0.875 bits per heavy atom. The van der Waals surface area contributed by atoms with Crippen LogP contribution in [0.5, 0.6) is 0 Å². The highest BCUT2D eigenvalue weighted by atomic mass is 15.1. The van der Waals surface area contributed by atoms with Crippen molar-refractivity contribution in [3.05, 3.63) is 28.3 Å². The molecule has 0 radical (unpaired) electrons. The number of nitrogens with zero attached hydrogens (tertiary/aromatic N) is 3. The number of aromatic nitrogens is 3. The van der Waals surface area contributed by atoms with Gasteiger partial charge >= 0.3 is 0 Å². The maximum Gasteiger partial charge on any atom is 0.234 e. The number of fused-ring (bicyclic) bond motifs is 1. The van der Waals surface area contributed by atoms with Gasteiger partial charge in [0.05, 0.1) is 5.69 Å². The monoisotopic (exact) mass is 217 g/mol. The van der Waals surface area contributed by atoms with Crippen molar-refractivity contribution >= 4 is 5.78 Å². The number of imidazole rings is 1. The lowest BCUT2D eigenvalue weighted by Crippen LogP contribution is -2.06. The first-order valence-corrected chi connectivity index (χ1v) is 5.76. The molecule has 0 fully saturated rings. The summed E-state index contributed by atoms with van der Waals surface area (Å²) < 4.78 is 2.16. The Bertz CT molecular complexity index is 550. The fourth-order valence-electron chi connectivity index (χ4n) is 2.50. The third-order valence-electron chi connectivity index (χ3n) is 3.29. The van der Waals surface area contributed by atoms with Crippen LogP contribution in [0.15, 0.2) is 0 Å². The first kappa shape index (κ1) is 11.1. The molecule has 0 spiro atoms. The number of hydrogen-bond donors (Lipinski definition) is 0. The number of hydrogen-bond acceptors (Lipinski definition) is 2. The van der Waals surface area contributed by atoms with E-state index in [9.17, 15) is 0 Å². The molecular formula is C13H19N3. The first-order chi connectivity index (χ1) is 7.43. The Kier molecular flexibility index (Phi) is 2.49. The fraction of sp³-hybridized carbons (Fsp3) is 0.538. The molecule has 16 heavy (non-hydrogen) atoms. The minimum Gasteiger partial charge on any atom is -0.285 e. The Hall–Kier alpha value is -1.38. The van der Waals surface area contributed by atoms with Crippen molar-refractivity contribution in [2.45, 2.75) is 47.5 Å². The second-order valence-electron chi connectivity index (χ2n) is 4.77. The molecule has 2 aromatic heterocycles. The maximum atomic E-state index is 4.59. The highest BCUT2D eigenvalue weighted by molar-refractivity contribution is 5.43. The molecule has 0 bridgehead atoms. The maximum absolute atomic E-state index is 4.59. The van der Waals surface area contributed by atoms with E-state index in [1.807, 2.05) is 6.92 Å². The Balaban J connectivity index is 2.91. The molecule has 0 N–H and O–H groups in total. The zero-order chi connectivity index (χ0) is 12.0. The molecule has 0 saturated heterocycles. The van der Waals surface area contributed by atoms with Crippen molar-refractivity contribution in [3.63, 3.8) is 0 Å². The van der Waals surface area contributed by atoms with Crippen molar-refractivity contribution in [1.82, 2.24) is 14.4 Å². The van der Waals surface area contributed by atoms with Crippen molar-refractivity contribution in [2.75, 3.05) is 0 Å². The molecule has 0 saturated carbocycles. The van der Waals surface area contributed by atoms with Crippen LogP contribution in [0.2, 0.25) is 0 Å². The van der Waals surface area contributed by atoms with Crippen LogP contribution in [0.1, 0.15) is 48.1 Å². The SMILES string of the molecule is Cc1nc2nc(C)c(C)n2c(C)c1C(C)C. The summed E-state index contributed by atoms with van der Waals surface area (Å²) in [7, 11) is 0. The standard InChI is InChI=1S/C13H19N3/c1-7(2)12-9(4)15-13-14-8(3)10(5)16(13)11(12)6/h7H,1-6H3. The normalized spacial score (nSPS) is 11.7. The van der Waals surface area contributed by atoms with Gasteiger partial charge in [-0.2, -0.15) is 0 Å². The van der Waals surface area contributed by atoms with Crippen LogP contribution >= 0.6 is 0 Å². The minimum absolute atomic E-state index is 0.499. The van der Waals surface area contributed by atoms with Gasteiger partial charge in [0.15, 0.2) is 0 Å². The molecule has 2 aromatic rings. The van der Waals surface area contributed by atoms with Crippen LogP contribution in [0.4, 0.5) is 0 Å². The van der Waals surface area contributed by atoms with Gasteiger partial charge in [0, 0.05) is 17.1 Å². The molecule has 0 aromatic carbocycles. The highest BCUT2D eigenvalue weighted by Gasteiger charge is 2.15. The topological polar surface area (TPSA) is 30.2 Å². The zero-order valence-corrected chi connectivity index (χ0v) is 10.9. The van der Waals surface area contributed by atoms with Crippen LogP contribution in [0.25, 0.3) is 5.78 Å². The van der Waals surface area contributed by atoms with Gasteiger partial charge in [0.1, 0.15) is 0 Å². The summed E-state index contributed by atoms with van der Waals surface area (Å²) in [6.45, 7) is 12.8. The lowest BCUT2D eigenvalue weighted by molar-refractivity contribution is 0.801. The molecule has 0 aliphatic carbocycles. The summed E-state index contributed by atoms with van der Waals surface area (Å²) >= 11 is 0. The summed E-state index contributed by atoms with van der Waals surface area (Å²) in [5, 5.41) is 0. The number of aryl methyl sites for hydroxylation is 4. The molecule has 0 aliphatic heterocycles. The Morgan fingerprint density at radius 3 is 2.00 bits per heavy atom. The highest BCUT2D eigenvalue weighted by Crippen LogP contribution is 2.24. The lowest BCUT2D eigenvalue weighted by atomic mass is 10.00. The Labute approximate surface area is 96.5 Å². The van der Waals surface area contributed by atoms with E-state index in [0.717, 1.165) is 17.2 Å². The molecule has 3 heteroatoms. The van der Waals surface area contributed by atoms with Gasteiger partial charge in [-0.3, -0.25) is 4.40 Å². The molecule has 2 heterocycles. The summed E-state index contributed by atoms with van der Waals surface area (Å²) in [5.41, 5.74) is 5.98. The molecule has 0 aliphatic rings. The largest absolute Gasteiger partial charge is 0.285 e. The second-order valence-corrected chi connectivity index (χ2v) is 4.77. The summed E-state index contributed by atoms with van der Waals surface area (Å²) in [4.78, 5) is 9.08. The fourth-order valence-corrected chi connectivity index (χ4v) is 2.50. The van der Waals surface area contributed by atoms with Gasteiger partial charge in [0.25, 0.3) is 0 Å². The summed E-state index contributed by atoms with van der Waals surface area (Å²) in [5.74, 6) is 1.33. The summed E-state index contributed by atoms with van der Waals surface area (Å²) in [6.07, 6.45) is 0. The van der Waals surface area contributed by atoms with Gasteiger partial charge < -0.3 is 0 Å². The third kappa shape index (κ3) is 1.42. The van der Waals surface area contributed by atoms with E-state index in [1.165, 1.54) is 17.0 Å². The van der Waals surface area contributed by atoms with Gasteiger partial charge in [-0.05, 0) is 39.2 Å². The van der Waals surface area contributed by atoms with Crippen molar-refractivity contribution in [3.8, 4) is 0 Å². The number of rotatable bonds is 1. The molecule has 0 amide bonds. The molecule has 0 unspecified atom stereocenters. The van der Waals surface area contributed by atoms with Crippen LogP contribution in [-0.2, 0) is 0 Å². The van der Waals surface area contributed by atoms with Crippen LogP contribution in [0.3, 0.4) is 0 Å². The average Bonchev–Trinajstić information content (AvgIpc) is 2.41. The van der Waals surface area contributed by atoms with E-state index >= 15 is 0 Å². The first-order valence-electron chi connectivity index (χ1n) is 5.76.